The summed E-state index contributed by atoms with van der Waals surface area (Å²) < 4.78 is 76.2. The van der Waals surface area contributed by atoms with Crippen LogP contribution in [-0.2, 0) is 6.18 Å². The van der Waals surface area contributed by atoms with Crippen LogP contribution in [0.2, 0.25) is 5.15 Å². The Kier molecular flexibility index (Phi) is 3.95. The molecule has 1 N–H and O–H groups in total. The van der Waals surface area contributed by atoms with E-state index in [-0.39, 0.29) is 5.69 Å². The van der Waals surface area contributed by atoms with Crippen LogP contribution in [0.5, 0.6) is 0 Å². The van der Waals surface area contributed by atoms with E-state index in [2.05, 4.69) is 15.3 Å². The number of hydrogen-bond acceptors (Lipinski definition) is 3. The summed E-state index contributed by atoms with van der Waals surface area (Å²) in [6.07, 6.45) is -4.85. The van der Waals surface area contributed by atoms with Gasteiger partial charge in [-0.2, -0.15) is 13.2 Å². The van der Waals surface area contributed by atoms with Crippen molar-refractivity contribution in [3.8, 4) is 0 Å². The zero-order chi connectivity index (χ0) is 15.8. The van der Waals surface area contributed by atoms with E-state index >= 15 is 0 Å². The predicted molar refractivity (Wildman–Crippen MR) is 61.6 cm³/mol. The second-order valence-electron chi connectivity index (χ2n) is 3.78. The minimum atomic E-state index is -4.85. The van der Waals surface area contributed by atoms with Gasteiger partial charge in [0.25, 0.3) is 0 Å². The van der Waals surface area contributed by atoms with Gasteiger partial charge >= 0.3 is 6.18 Å². The number of anilines is 2. The van der Waals surface area contributed by atoms with Crippen LogP contribution in [0.15, 0.2) is 18.2 Å². The normalized spacial score (nSPS) is 11.6. The quantitative estimate of drug-likeness (QED) is 0.507. The van der Waals surface area contributed by atoms with Gasteiger partial charge < -0.3 is 5.32 Å². The number of rotatable bonds is 2. The fourth-order valence-corrected chi connectivity index (χ4v) is 1.57. The molecular weight excluding hydrogens is 324 g/mol. The molecule has 0 bridgehead atoms. The number of aromatic nitrogens is 2. The van der Waals surface area contributed by atoms with Crippen LogP contribution in [0, 0.1) is 17.5 Å². The van der Waals surface area contributed by atoms with E-state index in [0.717, 1.165) is 6.07 Å². The van der Waals surface area contributed by atoms with Crippen molar-refractivity contribution in [3.63, 3.8) is 0 Å². The molecule has 0 spiro atoms. The molecule has 0 amide bonds. The standard InChI is InChI=1S/C11H4ClF6N3/c12-7-3-8(21-10(20-7)11(16,17)18)19-4-1-5(13)9(15)6(14)2-4/h1-3H,(H,19,20,21). The van der Waals surface area contributed by atoms with Gasteiger partial charge in [-0.1, -0.05) is 11.6 Å². The van der Waals surface area contributed by atoms with Crippen molar-refractivity contribution in [2.45, 2.75) is 6.18 Å². The molecule has 0 radical (unpaired) electrons. The number of halogens is 7. The first-order valence-electron chi connectivity index (χ1n) is 5.20. The maximum Gasteiger partial charge on any atom is 0.451 e. The van der Waals surface area contributed by atoms with Crippen molar-refractivity contribution in [2.75, 3.05) is 5.32 Å². The van der Waals surface area contributed by atoms with E-state index in [1.165, 1.54) is 0 Å². The molecule has 3 nitrogen and oxygen atoms in total. The first-order chi connectivity index (χ1) is 9.66. The lowest BCUT2D eigenvalue weighted by Crippen LogP contribution is -2.12. The fraction of sp³-hybridized carbons (Fsp3) is 0.0909. The minimum absolute atomic E-state index is 0.339. The van der Waals surface area contributed by atoms with E-state index in [1.807, 2.05) is 0 Å². The Morgan fingerprint density at radius 3 is 2.05 bits per heavy atom. The van der Waals surface area contributed by atoms with Gasteiger partial charge in [-0.25, -0.2) is 23.1 Å². The second kappa shape index (κ2) is 5.40. The molecule has 10 heteroatoms. The Bertz CT molecular complexity index is 665. The molecule has 2 aromatic rings. The maximum atomic E-state index is 13.0. The molecule has 1 aromatic heterocycles. The summed E-state index contributed by atoms with van der Waals surface area (Å²) in [5.41, 5.74) is -0.339. The van der Waals surface area contributed by atoms with Crippen molar-refractivity contribution in [2.24, 2.45) is 0 Å². The van der Waals surface area contributed by atoms with Crippen molar-refractivity contribution in [3.05, 3.63) is 46.6 Å². The van der Waals surface area contributed by atoms with Crippen LogP contribution in [0.1, 0.15) is 5.82 Å². The van der Waals surface area contributed by atoms with Crippen LogP contribution in [0.3, 0.4) is 0 Å². The van der Waals surface area contributed by atoms with E-state index in [0.29, 0.717) is 12.1 Å². The highest BCUT2D eigenvalue weighted by Gasteiger charge is 2.35. The van der Waals surface area contributed by atoms with E-state index in [4.69, 9.17) is 11.6 Å². The zero-order valence-corrected chi connectivity index (χ0v) is 10.5. The van der Waals surface area contributed by atoms with Crippen LogP contribution in [0.4, 0.5) is 37.8 Å². The summed E-state index contributed by atoms with van der Waals surface area (Å²) in [6, 6.07) is 2.03. The average Bonchev–Trinajstić information content (AvgIpc) is 2.34. The molecule has 2 rings (SSSR count). The Balaban J connectivity index is 2.38. The van der Waals surface area contributed by atoms with Gasteiger partial charge in [0.15, 0.2) is 17.5 Å². The highest BCUT2D eigenvalue weighted by atomic mass is 35.5. The zero-order valence-electron chi connectivity index (χ0n) is 9.77. The van der Waals surface area contributed by atoms with Gasteiger partial charge in [0.2, 0.25) is 5.82 Å². The first-order valence-corrected chi connectivity index (χ1v) is 5.58. The van der Waals surface area contributed by atoms with Gasteiger partial charge in [0, 0.05) is 23.9 Å². The van der Waals surface area contributed by atoms with E-state index in [9.17, 15) is 26.3 Å². The second-order valence-corrected chi connectivity index (χ2v) is 4.16. The molecule has 0 unspecified atom stereocenters. The van der Waals surface area contributed by atoms with Crippen LogP contribution >= 0.6 is 11.6 Å². The minimum Gasteiger partial charge on any atom is -0.340 e. The van der Waals surface area contributed by atoms with Crippen LogP contribution in [-0.4, -0.2) is 9.97 Å². The molecule has 0 fully saturated rings. The largest absolute Gasteiger partial charge is 0.451 e. The van der Waals surface area contributed by atoms with Crippen LogP contribution < -0.4 is 5.32 Å². The number of nitrogens with one attached hydrogen (secondary N) is 1. The summed E-state index contributed by atoms with van der Waals surface area (Å²) in [5.74, 6) is -6.69. The van der Waals surface area contributed by atoms with Gasteiger partial charge in [0.05, 0.1) is 0 Å². The average molecular weight is 328 g/mol. The number of benzene rings is 1. The summed E-state index contributed by atoms with van der Waals surface area (Å²) in [6.45, 7) is 0. The third-order valence-corrected chi connectivity index (χ3v) is 2.40. The van der Waals surface area contributed by atoms with Crippen molar-refractivity contribution in [1.29, 1.82) is 0 Å². The lowest BCUT2D eigenvalue weighted by Gasteiger charge is -2.10. The fourth-order valence-electron chi connectivity index (χ4n) is 1.38. The Morgan fingerprint density at radius 2 is 1.52 bits per heavy atom. The molecule has 21 heavy (non-hydrogen) atoms. The first kappa shape index (κ1) is 15.4. The molecule has 0 aliphatic rings. The number of hydrogen-bond donors (Lipinski definition) is 1. The number of nitrogens with zero attached hydrogens (tertiary/aromatic N) is 2. The smallest absolute Gasteiger partial charge is 0.340 e. The molecule has 112 valence electrons. The Labute approximate surface area is 118 Å². The maximum absolute atomic E-state index is 13.0. The Morgan fingerprint density at radius 1 is 0.952 bits per heavy atom. The topological polar surface area (TPSA) is 37.8 Å². The lowest BCUT2D eigenvalue weighted by atomic mass is 10.3. The summed E-state index contributed by atoms with van der Waals surface area (Å²) in [5, 5.41) is 1.66. The number of alkyl halides is 3. The molecule has 0 aliphatic heterocycles. The third kappa shape index (κ3) is 3.54. The van der Waals surface area contributed by atoms with Crippen molar-refractivity contribution in [1.82, 2.24) is 9.97 Å². The Hall–Kier alpha value is -2.03. The molecule has 1 heterocycles. The molecule has 1 aromatic carbocycles. The molecule has 0 atom stereocenters. The monoisotopic (exact) mass is 327 g/mol. The van der Waals surface area contributed by atoms with Gasteiger partial charge in [-0.05, 0) is 0 Å². The lowest BCUT2D eigenvalue weighted by molar-refractivity contribution is -0.144. The molecule has 0 aliphatic carbocycles. The molecule has 0 saturated carbocycles. The van der Waals surface area contributed by atoms with Gasteiger partial charge in [-0.15, -0.1) is 0 Å². The molecular formula is C11H4ClF6N3. The van der Waals surface area contributed by atoms with Gasteiger partial charge in [-0.3, -0.25) is 0 Å². The summed E-state index contributed by atoms with van der Waals surface area (Å²) in [4.78, 5) is 6.09. The summed E-state index contributed by atoms with van der Waals surface area (Å²) >= 11 is 5.41. The van der Waals surface area contributed by atoms with Crippen molar-refractivity contribution < 1.29 is 26.3 Å². The SMILES string of the molecule is Fc1cc(Nc2cc(Cl)nc(C(F)(F)F)n2)cc(F)c1F. The highest BCUT2D eigenvalue weighted by Crippen LogP contribution is 2.29. The highest BCUT2D eigenvalue weighted by molar-refractivity contribution is 6.29. The molecule has 0 saturated heterocycles. The predicted octanol–water partition coefficient (Wildman–Crippen LogP) is 4.31. The van der Waals surface area contributed by atoms with Crippen LogP contribution in [0.25, 0.3) is 0 Å². The van der Waals surface area contributed by atoms with E-state index < -0.39 is 40.4 Å². The van der Waals surface area contributed by atoms with Gasteiger partial charge in [0.1, 0.15) is 11.0 Å². The third-order valence-electron chi connectivity index (χ3n) is 2.20. The van der Waals surface area contributed by atoms with E-state index in [1.54, 1.807) is 0 Å². The van der Waals surface area contributed by atoms with Crippen molar-refractivity contribution >= 4 is 23.1 Å². The summed E-state index contributed by atoms with van der Waals surface area (Å²) in [7, 11) is 0.